The second kappa shape index (κ2) is 2.99. The number of nitrogens with one attached hydrogen (secondary N) is 1. The molecule has 1 spiro atoms. The van der Waals surface area contributed by atoms with E-state index in [-0.39, 0.29) is 11.6 Å². The van der Waals surface area contributed by atoms with Gasteiger partial charge < -0.3 is 5.32 Å². The van der Waals surface area contributed by atoms with Crippen molar-refractivity contribution in [2.24, 2.45) is 0 Å². The van der Waals surface area contributed by atoms with Crippen molar-refractivity contribution in [2.45, 2.75) is 18.4 Å². The summed E-state index contributed by atoms with van der Waals surface area (Å²) in [5.74, 6) is 3.15. The van der Waals surface area contributed by atoms with Crippen LogP contribution >= 0.6 is 0 Å². The maximum Gasteiger partial charge on any atom is 0.323 e. The summed E-state index contributed by atoms with van der Waals surface area (Å²) in [7, 11) is 0. The van der Waals surface area contributed by atoms with E-state index in [0.29, 0.717) is 17.9 Å². The van der Waals surface area contributed by atoms with Crippen molar-refractivity contribution in [1.82, 2.24) is 10.3 Å². The zero-order valence-electron chi connectivity index (χ0n) is 8.73. The van der Waals surface area contributed by atoms with Gasteiger partial charge in [0.05, 0.1) is 17.6 Å². The largest absolute Gasteiger partial charge is 0.330 e. The molecule has 1 N–H and O–H groups in total. The minimum absolute atomic E-state index is 0.000470. The number of aromatic nitrogens is 1. The highest BCUT2D eigenvalue weighted by Crippen LogP contribution is 2.41. The summed E-state index contributed by atoms with van der Waals surface area (Å²) in [5.41, 5.74) is 0.663. The van der Waals surface area contributed by atoms with Crippen molar-refractivity contribution in [2.75, 3.05) is 11.4 Å². The number of carbonyl (C=O) groups excluding carboxylic acids is 1. The molecule has 0 bridgehead atoms. The lowest BCUT2D eigenvalue weighted by atomic mass is 10.2. The lowest BCUT2D eigenvalue weighted by Crippen LogP contribution is -2.29. The van der Waals surface area contributed by atoms with E-state index < -0.39 is 0 Å². The molecular formula is C12H11N3O. The minimum atomic E-state index is -0.0901. The van der Waals surface area contributed by atoms with Gasteiger partial charge in [-0.2, -0.15) is 0 Å². The molecule has 2 aliphatic rings. The van der Waals surface area contributed by atoms with Crippen LogP contribution in [0, 0.1) is 12.3 Å². The van der Waals surface area contributed by atoms with Gasteiger partial charge in [0.1, 0.15) is 0 Å². The van der Waals surface area contributed by atoms with Crippen LogP contribution in [0.3, 0.4) is 0 Å². The molecule has 2 amide bonds. The number of terminal acetylenes is 1. The number of anilines is 1. The number of rotatable bonds is 1. The number of carbonyl (C=O) groups is 1. The summed E-state index contributed by atoms with van der Waals surface area (Å²) in [6.45, 7) is 0.678. The molecule has 16 heavy (non-hydrogen) atoms. The molecule has 2 fully saturated rings. The van der Waals surface area contributed by atoms with E-state index in [0.717, 1.165) is 12.8 Å². The molecule has 0 aromatic carbocycles. The van der Waals surface area contributed by atoms with E-state index in [1.165, 1.54) is 0 Å². The second-order valence-corrected chi connectivity index (χ2v) is 4.32. The highest BCUT2D eigenvalue weighted by Gasteiger charge is 2.52. The number of amides is 2. The van der Waals surface area contributed by atoms with Crippen molar-refractivity contribution in [1.29, 1.82) is 0 Å². The summed E-state index contributed by atoms with van der Waals surface area (Å²) in [6, 6.07) is 3.49. The number of urea groups is 1. The first-order valence-corrected chi connectivity index (χ1v) is 5.25. The molecule has 2 heterocycles. The number of pyridine rings is 1. The molecule has 0 unspecified atom stereocenters. The molecule has 3 rings (SSSR count). The Morgan fingerprint density at radius 2 is 2.38 bits per heavy atom. The molecule has 80 valence electrons. The molecule has 0 radical (unpaired) electrons. The van der Waals surface area contributed by atoms with Crippen molar-refractivity contribution in [3.8, 4) is 12.3 Å². The van der Waals surface area contributed by atoms with Crippen LogP contribution in [0.1, 0.15) is 18.4 Å². The first-order chi connectivity index (χ1) is 7.74. The van der Waals surface area contributed by atoms with Gasteiger partial charge in [-0.15, -0.1) is 6.42 Å². The third-order valence-corrected chi connectivity index (χ3v) is 3.13. The molecule has 1 aromatic heterocycles. The van der Waals surface area contributed by atoms with Gasteiger partial charge >= 0.3 is 6.03 Å². The van der Waals surface area contributed by atoms with Crippen LogP contribution in [0.2, 0.25) is 0 Å². The molecule has 1 saturated heterocycles. The van der Waals surface area contributed by atoms with E-state index in [1.54, 1.807) is 23.2 Å². The first kappa shape index (κ1) is 9.22. The number of hydrogen-bond donors (Lipinski definition) is 1. The molecule has 4 heteroatoms. The zero-order valence-corrected chi connectivity index (χ0v) is 8.73. The maximum absolute atomic E-state index is 11.8. The van der Waals surface area contributed by atoms with Crippen LogP contribution in [0.5, 0.6) is 0 Å². The monoisotopic (exact) mass is 213 g/mol. The van der Waals surface area contributed by atoms with Gasteiger partial charge in [0, 0.05) is 6.20 Å². The Balaban J connectivity index is 1.98. The molecule has 1 saturated carbocycles. The summed E-state index contributed by atoms with van der Waals surface area (Å²) in [5, 5.41) is 2.98. The molecule has 1 aromatic rings. The highest BCUT2D eigenvalue weighted by molar-refractivity contribution is 5.96. The van der Waals surface area contributed by atoms with E-state index >= 15 is 0 Å². The lowest BCUT2D eigenvalue weighted by molar-refractivity contribution is 0.250. The van der Waals surface area contributed by atoms with Crippen molar-refractivity contribution >= 4 is 11.8 Å². The third kappa shape index (κ3) is 1.25. The predicted octanol–water partition coefficient (Wildman–Crippen LogP) is 1.13. The first-order valence-electron chi connectivity index (χ1n) is 5.25. The zero-order chi connectivity index (χ0) is 11.2. The highest BCUT2D eigenvalue weighted by atomic mass is 16.2. The van der Waals surface area contributed by atoms with Gasteiger partial charge in [-0.1, -0.05) is 5.92 Å². The van der Waals surface area contributed by atoms with Crippen LogP contribution < -0.4 is 10.2 Å². The van der Waals surface area contributed by atoms with Crippen molar-refractivity contribution in [3.05, 3.63) is 23.9 Å². The van der Waals surface area contributed by atoms with E-state index in [2.05, 4.69) is 16.2 Å². The van der Waals surface area contributed by atoms with Gasteiger partial charge in [-0.05, 0) is 25.0 Å². The minimum Gasteiger partial charge on any atom is -0.330 e. The van der Waals surface area contributed by atoms with E-state index in [9.17, 15) is 4.79 Å². The summed E-state index contributed by atoms with van der Waals surface area (Å²) in [4.78, 5) is 17.6. The molecule has 0 atom stereocenters. The summed E-state index contributed by atoms with van der Waals surface area (Å²) < 4.78 is 0. The molecule has 4 nitrogen and oxygen atoms in total. The van der Waals surface area contributed by atoms with E-state index in [1.807, 2.05) is 0 Å². The van der Waals surface area contributed by atoms with Gasteiger partial charge in [0.15, 0.2) is 5.82 Å². The van der Waals surface area contributed by atoms with Crippen molar-refractivity contribution in [3.63, 3.8) is 0 Å². The van der Waals surface area contributed by atoms with Crippen molar-refractivity contribution < 1.29 is 4.79 Å². The quantitative estimate of drug-likeness (QED) is 0.711. The van der Waals surface area contributed by atoms with Crippen LogP contribution in [0.25, 0.3) is 0 Å². The normalized spacial score (nSPS) is 20.7. The topological polar surface area (TPSA) is 45.2 Å². The average molecular weight is 213 g/mol. The SMILES string of the molecule is C#Cc1cccnc1N1CC2(CC2)NC1=O. The molecule has 1 aliphatic heterocycles. The van der Waals surface area contributed by atoms with Gasteiger partial charge in [-0.3, -0.25) is 4.90 Å². The van der Waals surface area contributed by atoms with Crippen LogP contribution in [0.4, 0.5) is 10.6 Å². The maximum atomic E-state index is 11.8. The van der Waals surface area contributed by atoms with Gasteiger partial charge in [0.25, 0.3) is 0 Å². The molecular weight excluding hydrogens is 202 g/mol. The third-order valence-electron chi connectivity index (χ3n) is 3.13. The Labute approximate surface area is 93.7 Å². The summed E-state index contributed by atoms with van der Waals surface area (Å²) in [6.07, 6.45) is 9.15. The van der Waals surface area contributed by atoms with Crippen LogP contribution in [0.15, 0.2) is 18.3 Å². The Hall–Kier alpha value is -2.02. The predicted molar refractivity (Wildman–Crippen MR) is 60.0 cm³/mol. The lowest BCUT2D eigenvalue weighted by Gasteiger charge is -2.14. The van der Waals surface area contributed by atoms with Gasteiger partial charge in [-0.25, -0.2) is 9.78 Å². The fourth-order valence-electron chi connectivity index (χ4n) is 2.04. The van der Waals surface area contributed by atoms with Crippen LogP contribution in [-0.4, -0.2) is 23.1 Å². The smallest absolute Gasteiger partial charge is 0.323 e. The Morgan fingerprint density at radius 1 is 1.56 bits per heavy atom. The standard InChI is InChI=1S/C12H11N3O/c1-2-9-4-3-7-13-10(9)15-8-12(5-6-12)14-11(15)16/h1,3-4,7H,5-6,8H2,(H,14,16). The Bertz CT molecular complexity index is 499. The molecule has 1 aliphatic carbocycles. The number of nitrogens with zero attached hydrogens (tertiary/aromatic N) is 2. The fraction of sp³-hybridized carbons (Fsp3) is 0.333. The average Bonchev–Trinajstić information content (AvgIpc) is 2.97. The Morgan fingerprint density at radius 3 is 3.00 bits per heavy atom. The second-order valence-electron chi connectivity index (χ2n) is 4.32. The number of hydrogen-bond acceptors (Lipinski definition) is 2. The van der Waals surface area contributed by atoms with Crippen LogP contribution in [-0.2, 0) is 0 Å². The van der Waals surface area contributed by atoms with Gasteiger partial charge in [0.2, 0.25) is 0 Å². The van der Waals surface area contributed by atoms with E-state index in [4.69, 9.17) is 6.42 Å². The summed E-state index contributed by atoms with van der Waals surface area (Å²) >= 11 is 0. The fourth-order valence-corrected chi connectivity index (χ4v) is 2.04. The Kier molecular flexibility index (Phi) is 1.72.